The van der Waals surface area contributed by atoms with Gasteiger partial charge in [0.1, 0.15) is 5.69 Å². The van der Waals surface area contributed by atoms with Gasteiger partial charge >= 0.3 is 6.18 Å². The van der Waals surface area contributed by atoms with Gasteiger partial charge in [0.25, 0.3) is 0 Å². The van der Waals surface area contributed by atoms with Crippen LogP contribution in [0.4, 0.5) is 19.1 Å². The van der Waals surface area contributed by atoms with Crippen LogP contribution in [0.3, 0.4) is 0 Å². The second kappa shape index (κ2) is 6.66. The molecule has 0 bridgehead atoms. The van der Waals surface area contributed by atoms with Crippen LogP contribution in [0.25, 0.3) is 0 Å². The van der Waals surface area contributed by atoms with E-state index in [0.29, 0.717) is 5.69 Å². The molecule has 0 aliphatic carbocycles. The molecule has 24 heavy (non-hydrogen) atoms. The highest BCUT2D eigenvalue weighted by Crippen LogP contribution is 2.29. The standard InChI is InChI=1S/C17H13F3N4/c18-17(19,20)14-9-11-22-16(23-14)24-15(12-6-2-1-3-7-12)13-8-4-5-10-21-13/h1-11,15H,(H,22,23,24)/t15-/m1/s1. The Bertz CT molecular complexity index is 752. The van der Waals surface area contributed by atoms with E-state index in [1.54, 1.807) is 18.3 Å². The van der Waals surface area contributed by atoms with Crippen molar-refractivity contribution in [2.45, 2.75) is 12.2 Å². The van der Waals surface area contributed by atoms with E-state index >= 15 is 0 Å². The van der Waals surface area contributed by atoms with Crippen LogP contribution in [0, 0.1) is 0 Å². The third-order valence-corrected chi connectivity index (χ3v) is 3.34. The Morgan fingerprint density at radius 1 is 0.833 bits per heavy atom. The van der Waals surface area contributed by atoms with Crippen LogP contribution in [0.1, 0.15) is 23.0 Å². The summed E-state index contributed by atoms with van der Waals surface area (Å²) in [6.07, 6.45) is -1.81. The van der Waals surface area contributed by atoms with E-state index in [9.17, 15) is 13.2 Å². The summed E-state index contributed by atoms with van der Waals surface area (Å²) >= 11 is 0. The molecule has 0 aliphatic rings. The molecule has 0 unspecified atom stereocenters. The van der Waals surface area contributed by atoms with Crippen molar-refractivity contribution in [2.75, 3.05) is 5.32 Å². The van der Waals surface area contributed by atoms with Crippen LogP contribution in [0.5, 0.6) is 0 Å². The fraction of sp³-hybridized carbons (Fsp3) is 0.118. The Morgan fingerprint density at radius 3 is 2.25 bits per heavy atom. The van der Waals surface area contributed by atoms with Gasteiger partial charge in [0.15, 0.2) is 0 Å². The maximum absolute atomic E-state index is 12.8. The zero-order chi connectivity index (χ0) is 17.0. The molecule has 1 aromatic carbocycles. The average molecular weight is 330 g/mol. The molecule has 3 aromatic rings. The van der Waals surface area contributed by atoms with E-state index in [0.717, 1.165) is 17.8 Å². The van der Waals surface area contributed by atoms with Crippen molar-refractivity contribution in [1.29, 1.82) is 0 Å². The number of hydrogen-bond acceptors (Lipinski definition) is 4. The summed E-state index contributed by atoms with van der Waals surface area (Å²) < 4.78 is 38.5. The molecule has 1 atom stereocenters. The summed E-state index contributed by atoms with van der Waals surface area (Å²) in [7, 11) is 0. The number of aromatic nitrogens is 3. The number of pyridine rings is 1. The lowest BCUT2D eigenvalue weighted by Crippen LogP contribution is -2.17. The van der Waals surface area contributed by atoms with Gasteiger partial charge in [-0.3, -0.25) is 4.98 Å². The van der Waals surface area contributed by atoms with Gasteiger partial charge in [-0.15, -0.1) is 0 Å². The largest absolute Gasteiger partial charge is 0.433 e. The Labute approximate surface area is 136 Å². The molecule has 2 heterocycles. The lowest BCUT2D eigenvalue weighted by Gasteiger charge is -2.19. The molecule has 0 fully saturated rings. The lowest BCUT2D eigenvalue weighted by molar-refractivity contribution is -0.141. The van der Waals surface area contributed by atoms with Gasteiger partial charge in [-0.05, 0) is 23.8 Å². The van der Waals surface area contributed by atoms with Crippen LogP contribution in [0.15, 0.2) is 67.0 Å². The highest BCUT2D eigenvalue weighted by molar-refractivity contribution is 5.38. The molecular weight excluding hydrogens is 317 g/mol. The van der Waals surface area contributed by atoms with Gasteiger partial charge in [0.05, 0.1) is 11.7 Å². The Hall–Kier alpha value is -2.96. The highest BCUT2D eigenvalue weighted by atomic mass is 19.4. The second-order valence-corrected chi connectivity index (χ2v) is 5.01. The third-order valence-electron chi connectivity index (χ3n) is 3.34. The first-order valence-electron chi connectivity index (χ1n) is 7.17. The fourth-order valence-electron chi connectivity index (χ4n) is 2.24. The zero-order valence-corrected chi connectivity index (χ0v) is 12.4. The topological polar surface area (TPSA) is 50.7 Å². The summed E-state index contributed by atoms with van der Waals surface area (Å²) in [6.45, 7) is 0. The number of hydrogen-bond donors (Lipinski definition) is 1. The number of rotatable bonds is 4. The quantitative estimate of drug-likeness (QED) is 0.783. The maximum atomic E-state index is 12.8. The molecule has 4 nitrogen and oxygen atoms in total. The molecule has 7 heteroatoms. The Balaban J connectivity index is 1.96. The minimum Gasteiger partial charge on any atom is -0.342 e. The first kappa shape index (κ1) is 15.9. The smallest absolute Gasteiger partial charge is 0.342 e. The number of halogens is 3. The van der Waals surface area contributed by atoms with Gasteiger partial charge in [-0.1, -0.05) is 36.4 Å². The minimum absolute atomic E-state index is 0.107. The minimum atomic E-state index is -4.52. The molecule has 2 aromatic heterocycles. The number of nitrogens with zero attached hydrogens (tertiary/aromatic N) is 3. The number of alkyl halides is 3. The van der Waals surface area contributed by atoms with E-state index in [1.165, 1.54) is 0 Å². The molecule has 3 rings (SSSR count). The first-order valence-corrected chi connectivity index (χ1v) is 7.17. The maximum Gasteiger partial charge on any atom is 0.433 e. The molecule has 122 valence electrons. The van der Waals surface area contributed by atoms with Crippen LogP contribution >= 0.6 is 0 Å². The van der Waals surface area contributed by atoms with Crippen molar-refractivity contribution in [1.82, 2.24) is 15.0 Å². The molecule has 0 saturated carbocycles. The lowest BCUT2D eigenvalue weighted by atomic mass is 10.0. The van der Waals surface area contributed by atoms with E-state index in [2.05, 4.69) is 20.3 Å². The zero-order valence-electron chi connectivity index (χ0n) is 12.4. The summed E-state index contributed by atoms with van der Waals surface area (Å²) in [5.74, 6) is -0.107. The SMILES string of the molecule is FC(F)(F)c1ccnc(N[C@H](c2ccccc2)c2ccccn2)n1. The summed E-state index contributed by atoms with van der Waals surface area (Å²) in [5.41, 5.74) is 0.509. The molecule has 0 spiro atoms. The summed E-state index contributed by atoms with van der Waals surface area (Å²) in [4.78, 5) is 11.7. The van der Waals surface area contributed by atoms with Gasteiger partial charge in [-0.25, -0.2) is 9.97 Å². The molecule has 0 radical (unpaired) electrons. The van der Waals surface area contributed by atoms with Crippen molar-refractivity contribution in [3.05, 3.63) is 83.9 Å². The van der Waals surface area contributed by atoms with E-state index < -0.39 is 17.9 Å². The van der Waals surface area contributed by atoms with Crippen molar-refractivity contribution in [2.24, 2.45) is 0 Å². The Kier molecular flexibility index (Phi) is 4.41. The van der Waals surface area contributed by atoms with Gasteiger partial charge in [0, 0.05) is 12.4 Å². The van der Waals surface area contributed by atoms with E-state index in [1.807, 2.05) is 36.4 Å². The van der Waals surface area contributed by atoms with Crippen LogP contribution in [-0.4, -0.2) is 15.0 Å². The average Bonchev–Trinajstić information content (AvgIpc) is 2.61. The van der Waals surface area contributed by atoms with Crippen molar-refractivity contribution < 1.29 is 13.2 Å². The number of nitrogens with one attached hydrogen (secondary N) is 1. The first-order chi connectivity index (χ1) is 11.5. The number of benzene rings is 1. The fourth-order valence-corrected chi connectivity index (χ4v) is 2.24. The van der Waals surface area contributed by atoms with E-state index in [-0.39, 0.29) is 5.95 Å². The van der Waals surface area contributed by atoms with Crippen LogP contribution < -0.4 is 5.32 Å². The normalized spacial score (nSPS) is 12.6. The van der Waals surface area contributed by atoms with Crippen molar-refractivity contribution in [3.63, 3.8) is 0 Å². The van der Waals surface area contributed by atoms with E-state index in [4.69, 9.17) is 0 Å². The summed E-state index contributed by atoms with van der Waals surface area (Å²) in [6, 6.07) is 15.0. The predicted molar refractivity (Wildman–Crippen MR) is 83.2 cm³/mol. The van der Waals surface area contributed by atoms with Gasteiger partial charge in [-0.2, -0.15) is 13.2 Å². The third kappa shape index (κ3) is 3.68. The van der Waals surface area contributed by atoms with Crippen LogP contribution in [-0.2, 0) is 6.18 Å². The van der Waals surface area contributed by atoms with Crippen LogP contribution in [0.2, 0.25) is 0 Å². The van der Waals surface area contributed by atoms with Crippen molar-refractivity contribution in [3.8, 4) is 0 Å². The molecule has 0 saturated heterocycles. The van der Waals surface area contributed by atoms with Crippen molar-refractivity contribution >= 4 is 5.95 Å². The highest BCUT2D eigenvalue weighted by Gasteiger charge is 2.33. The monoisotopic (exact) mass is 330 g/mol. The molecule has 0 aliphatic heterocycles. The number of anilines is 1. The second-order valence-electron chi connectivity index (χ2n) is 5.01. The molecular formula is C17H13F3N4. The van der Waals surface area contributed by atoms with Gasteiger partial charge in [0.2, 0.25) is 5.95 Å². The predicted octanol–water partition coefficient (Wildman–Crippen LogP) is 4.09. The molecule has 0 amide bonds. The molecule has 1 N–H and O–H groups in total. The Morgan fingerprint density at radius 2 is 1.58 bits per heavy atom. The van der Waals surface area contributed by atoms with Gasteiger partial charge < -0.3 is 5.32 Å². The summed E-state index contributed by atoms with van der Waals surface area (Å²) in [5, 5.41) is 2.94.